The van der Waals surface area contributed by atoms with Crippen LogP contribution in [-0.4, -0.2) is 13.4 Å². The van der Waals surface area contributed by atoms with Crippen molar-refractivity contribution in [3.8, 4) is 0 Å². The Bertz CT molecular complexity index is 715. The van der Waals surface area contributed by atoms with Crippen molar-refractivity contribution in [1.29, 1.82) is 0 Å². The number of anilines is 1. The molecule has 2 rings (SSSR count). The predicted octanol–water partition coefficient (Wildman–Crippen LogP) is 1.79. The quantitative estimate of drug-likeness (QED) is 0.900. The zero-order valence-corrected chi connectivity index (χ0v) is 11.6. The van der Waals surface area contributed by atoms with Gasteiger partial charge in [-0.25, -0.2) is 17.8 Å². The van der Waals surface area contributed by atoms with Gasteiger partial charge in [0.05, 0.1) is 11.1 Å². The number of halogens is 1. The van der Waals surface area contributed by atoms with E-state index in [1.165, 1.54) is 12.1 Å². The number of rotatable bonds is 4. The maximum absolute atomic E-state index is 12.8. The molecule has 0 atom stereocenters. The molecule has 0 amide bonds. The van der Waals surface area contributed by atoms with Gasteiger partial charge in [-0.15, -0.1) is 0 Å². The van der Waals surface area contributed by atoms with Crippen molar-refractivity contribution >= 4 is 15.8 Å². The Morgan fingerprint density at radius 3 is 2.65 bits per heavy atom. The summed E-state index contributed by atoms with van der Waals surface area (Å²) in [4.78, 5) is 3.80. The van der Waals surface area contributed by atoms with Gasteiger partial charge in [0.25, 0.3) is 10.0 Å². The lowest BCUT2D eigenvalue weighted by Gasteiger charge is -2.11. The topological polar surface area (TPSA) is 85.1 Å². The van der Waals surface area contributed by atoms with Crippen molar-refractivity contribution in [2.45, 2.75) is 18.4 Å². The first kappa shape index (κ1) is 14.4. The Morgan fingerprint density at radius 2 is 2.05 bits per heavy atom. The first-order valence-corrected chi connectivity index (χ1v) is 7.34. The molecule has 3 N–H and O–H groups in total. The molecule has 2 aromatic rings. The first-order chi connectivity index (χ1) is 9.42. The molecule has 0 aliphatic rings. The molecule has 0 saturated carbocycles. The lowest BCUT2D eigenvalue weighted by Crippen LogP contribution is -2.15. The molecule has 7 heteroatoms. The van der Waals surface area contributed by atoms with E-state index in [1.807, 2.05) is 0 Å². The minimum Gasteiger partial charge on any atom is -0.326 e. The van der Waals surface area contributed by atoms with Gasteiger partial charge in [0.15, 0.2) is 0 Å². The number of nitrogens with zero attached hydrogens (tertiary/aromatic N) is 1. The number of sulfonamides is 1. The van der Waals surface area contributed by atoms with Crippen LogP contribution in [0.15, 0.2) is 41.4 Å². The molecule has 0 saturated heterocycles. The van der Waals surface area contributed by atoms with Crippen molar-refractivity contribution in [2.75, 3.05) is 4.72 Å². The second-order valence-corrected chi connectivity index (χ2v) is 5.92. The largest absolute Gasteiger partial charge is 0.326 e. The van der Waals surface area contributed by atoms with Crippen LogP contribution in [0.2, 0.25) is 0 Å². The molecule has 0 radical (unpaired) electrons. The fraction of sp³-hybridized carbons (Fsp3) is 0.154. The summed E-state index contributed by atoms with van der Waals surface area (Å²) in [7, 11) is -3.78. The average molecular weight is 295 g/mol. The molecule has 1 heterocycles. The third kappa shape index (κ3) is 3.12. The minimum absolute atomic E-state index is 0.0592. The molecule has 0 spiro atoms. The second-order valence-electron chi connectivity index (χ2n) is 4.27. The molecule has 5 nitrogen and oxygen atoms in total. The van der Waals surface area contributed by atoms with Gasteiger partial charge in [0.2, 0.25) is 0 Å². The van der Waals surface area contributed by atoms with Crippen molar-refractivity contribution in [1.82, 2.24) is 4.98 Å². The number of aryl methyl sites for hydroxylation is 1. The van der Waals surface area contributed by atoms with E-state index >= 15 is 0 Å². The van der Waals surface area contributed by atoms with Crippen molar-refractivity contribution < 1.29 is 12.8 Å². The number of aromatic nitrogens is 1. The maximum atomic E-state index is 12.8. The molecule has 1 aromatic carbocycles. The molecule has 0 unspecified atom stereocenters. The van der Waals surface area contributed by atoms with Crippen LogP contribution in [-0.2, 0) is 16.6 Å². The fourth-order valence-corrected chi connectivity index (χ4v) is 2.99. The van der Waals surface area contributed by atoms with E-state index in [0.717, 1.165) is 12.3 Å². The van der Waals surface area contributed by atoms with E-state index in [2.05, 4.69) is 9.71 Å². The number of nitrogens with two attached hydrogens (primary N) is 1. The Balaban J connectivity index is 2.37. The van der Waals surface area contributed by atoms with E-state index in [-0.39, 0.29) is 17.3 Å². The van der Waals surface area contributed by atoms with Gasteiger partial charge in [-0.2, -0.15) is 0 Å². The van der Waals surface area contributed by atoms with E-state index in [1.54, 1.807) is 19.1 Å². The minimum atomic E-state index is -3.78. The van der Waals surface area contributed by atoms with Crippen molar-refractivity contribution in [2.24, 2.45) is 5.73 Å². The van der Waals surface area contributed by atoms with Crippen LogP contribution in [0.4, 0.5) is 10.2 Å². The highest BCUT2D eigenvalue weighted by molar-refractivity contribution is 7.92. The van der Waals surface area contributed by atoms with Crippen molar-refractivity contribution in [3.63, 3.8) is 0 Å². The number of pyridine rings is 1. The Hall–Kier alpha value is -1.99. The Labute approximate surface area is 116 Å². The number of hydrogen-bond donors (Lipinski definition) is 2. The van der Waals surface area contributed by atoms with Crippen LogP contribution >= 0.6 is 0 Å². The summed E-state index contributed by atoms with van der Waals surface area (Å²) in [6.45, 7) is 1.94. The standard InChI is InChI=1S/C13H14FN3O2S/c1-9-2-3-10(7-15)6-12(9)20(18,19)17-13-5-4-11(14)8-16-13/h2-6,8H,7,15H2,1H3,(H,16,17). The van der Waals surface area contributed by atoms with Crippen LogP contribution in [0, 0.1) is 12.7 Å². The number of benzene rings is 1. The summed E-state index contributed by atoms with van der Waals surface area (Å²) in [6, 6.07) is 7.36. The van der Waals surface area contributed by atoms with Gasteiger partial charge in [0.1, 0.15) is 11.6 Å². The molecule has 0 fully saturated rings. The van der Waals surface area contributed by atoms with Gasteiger partial charge in [-0.1, -0.05) is 12.1 Å². The molecular weight excluding hydrogens is 281 g/mol. The number of hydrogen-bond acceptors (Lipinski definition) is 4. The molecule has 0 aliphatic carbocycles. The maximum Gasteiger partial charge on any atom is 0.263 e. The van der Waals surface area contributed by atoms with Gasteiger partial charge in [0, 0.05) is 6.54 Å². The van der Waals surface area contributed by atoms with E-state index in [9.17, 15) is 12.8 Å². The van der Waals surface area contributed by atoms with E-state index < -0.39 is 15.8 Å². The highest BCUT2D eigenvalue weighted by Crippen LogP contribution is 2.19. The van der Waals surface area contributed by atoms with E-state index in [0.29, 0.717) is 11.1 Å². The predicted molar refractivity (Wildman–Crippen MR) is 74.1 cm³/mol. The third-order valence-electron chi connectivity index (χ3n) is 2.74. The molecule has 0 aliphatic heterocycles. The Kier molecular flexibility index (Phi) is 4.01. The monoisotopic (exact) mass is 295 g/mol. The average Bonchev–Trinajstić information content (AvgIpc) is 2.41. The van der Waals surface area contributed by atoms with Crippen LogP contribution in [0.5, 0.6) is 0 Å². The van der Waals surface area contributed by atoms with E-state index in [4.69, 9.17) is 5.73 Å². The van der Waals surface area contributed by atoms with Gasteiger partial charge < -0.3 is 5.73 Å². The molecule has 0 bridgehead atoms. The van der Waals surface area contributed by atoms with Crippen LogP contribution < -0.4 is 10.5 Å². The molecular formula is C13H14FN3O2S. The summed E-state index contributed by atoms with van der Waals surface area (Å²) in [6.07, 6.45) is 0.945. The summed E-state index contributed by atoms with van der Waals surface area (Å²) < 4.78 is 39.6. The summed E-state index contributed by atoms with van der Waals surface area (Å²) in [5.74, 6) is -0.474. The van der Waals surface area contributed by atoms with Gasteiger partial charge >= 0.3 is 0 Å². The number of nitrogens with one attached hydrogen (secondary N) is 1. The lowest BCUT2D eigenvalue weighted by atomic mass is 10.1. The summed E-state index contributed by atoms with van der Waals surface area (Å²) in [5, 5.41) is 0. The van der Waals surface area contributed by atoms with Gasteiger partial charge in [-0.3, -0.25) is 4.72 Å². The van der Waals surface area contributed by atoms with Crippen LogP contribution in [0.3, 0.4) is 0 Å². The smallest absolute Gasteiger partial charge is 0.263 e. The highest BCUT2D eigenvalue weighted by atomic mass is 32.2. The normalized spacial score (nSPS) is 11.3. The SMILES string of the molecule is Cc1ccc(CN)cc1S(=O)(=O)Nc1ccc(F)cn1. The highest BCUT2D eigenvalue weighted by Gasteiger charge is 2.18. The third-order valence-corrected chi connectivity index (χ3v) is 4.24. The zero-order chi connectivity index (χ0) is 14.8. The van der Waals surface area contributed by atoms with Crippen LogP contribution in [0.1, 0.15) is 11.1 Å². The summed E-state index contributed by atoms with van der Waals surface area (Å²) in [5.41, 5.74) is 6.82. The molecule has 20 heavy (non-hydrogen) atoms. The summed E-state index contributed by atoms with van der Waals surface area (Å²) >= 11 is 0. The van der Waals surface area contributed by atoms with Crippen molar-refractivity contribution in [3.05, 3.63) is 53.5 Å². The molecule has 106 valence electrons. The van der Waals surface area contributed by atoms with Gasteiger partial charge in [-0.05, 0) is 36.2 Å². The van der Waals surface area contributed by atoms with Crippen LogP contribution in [0.25, 0.3) is 0 Å². The second kappa shape index (κ2) is 5.56. The first-order valence-electron chi connectivity index (χ1n) is 5.86. The Morgan fingerprint density at radius 1 is 1.30 bits per heavy atom. The molecule has 1 aromatic heterocycles. The lowest BCUT2D eigenvalue weighted by molar-refractivity contribution is 0.599. The zero-order valence-electron chi connectivity index (χ0n) is 10.8. The fourth-order valence-electron chi connectivity index (χ4n) is 1.69.